The van der Waals surface area contributed by atoms with Crippen LogP contribution in [0.3, 0.4) is 0 Å². The number of ether oxygens (including phenoxy) is 1. The van der Waals surface area contributed by atoms with Crippen LogP contribution in [-0.2, 0) is 4.79 Å². The van der Waals surface area contributed by atoms with E-state index >= 15 is 0 Å². The summed E-state index contributed by atoms with van der Waals surface area (Å²) in [5.41, 5.74) is 1.95. The number of nitriles is 1. The number of halogens is 1. The van der Waals surface area contributed by atoms with Crippen LogP contribution in [0, 0.1) is 17.1 Å². The lowest BCUT2D eigenvalue weighted by Crippen LogP contribution is -2.15. The van der Waals surface area contributed by atoms with Crippen molar-refractivity contribution in [1.29, 1.82) is 5.26 Å². The van der Waals surface area contributed by atoms with Crippen molar-refractivity contribution in [3.63, 3.8) is 0 Å². The first kappa shape index (κ1) is 23.0. The van der Waals surface area contributed by atoms with E-state index < -0.39 is 6.10 Å². The molecule has 34 heavy (non-hydrogen) atoms. The maximum atomic E-state index is 13.2. The first-order valence-corrected chi connectivity index (χ1v) is 11.4. The van der Waals surface area contributed by atoms with Gasteiger partial charge in [0.15, 0.2) is 17.1 Å². The molecule has 0 aliphatic heterocycles. The molecule has 0 spiro atoms. The molecule has 0 saturated carbocycles. The van der Waals surface area contributed by atoms with E-state index in [1.807, 2.05) is 47.9 Å². The van der Waals surface area contributed by atoms with E-state index in [0.717, 1.165) is 5.69 Å². The quantitative estimate of drug-likeness (QED) is 0.356. The summed E-state index contributed by atoms with van der Waals surface area (Å²) in [6, 6.07) is 24.0. The molecule has 1 unspecified atom stereocenters. The molecule has 1 amide bonds. The summed E-state index contributed by atoms with van der Waals surface area (Å²) in [4.78, 5) is 12.5. The Bertz CT molecular complexity index is 1300. The number of para-hydroxylation sites is 1. The van der Waals surface area contributed by atoms with Crippen molar-refractivity contribution in [2.45, 2.75) is 18.2 Å². The van der Waals surface area contributed by atoms with Gasteiger partial charge in [0.2, 0.25) is 5.91 Å². The van der Waals surface area contributed by atoms with E-state index in [4.69, 9.17) is 10.00 Å². The van der Waals surface area contributed by atoms with Crippen LogP contribution in [0.25, 0.3) is 5.69 Å². The molecule has 4 rings (SSSR count). The topological polar surface area (TPSA) is 92.8 Å². The van der Waals surface area contributed by atoms with Crippen molar-refractivity contribution < 1.29 is 13.9 Å². The van der Waals surface area contributed by atoms with Gasteiger partial charge in [0.1, 0.15) is 11.6 Å². The molecule has 9 heteroatoms. The van der Waals surface area contributed by atoms with Crippen LogP contribution >= 0.6 is 11.8 Å². The van der Waals surface area contributed by atoms with Crippen molar-refractivity contribution >= 4 is 23.4 Å². The lowest BCUT2D eigenvalue weighted by Gasteiger charge is -2.16. The number of carbonyl (C=O) groups excluding carboxylic acids is 1. The molecule has 4 aromatic rings. The van der Waals surface area contributed by atoms with E-state index in [2.05, 4.69) is 15.5 Å². The molecule has 0 fully saturated rings. The molecule has 3 aromatic carbocycles. The van der Waals surface area contributed by atoms with Crippen LogP contribution in [0.1, 0.15) is 24.4 Å². The molecule has 1 atom stereocenters. The molecule has 170 valence electrons. The van der Waals surface area contributed by atoms with Gasteiger partial charge >= 0.3 is 0 Å². The summed E-state index contributed by atoms with van der Waals surface area (Å²) >= 11 is 1.24. The summed E-state index contributed by atoms with van der Waals surface area (Å²) < 4.78 is 21.0. The number of nitrogens with one attached hydrogen (secondary N) is 1. The monoisotopic (exact) mass is 473 g/mol. The molecule has 1 N–H and O–H groups in total. The first-order valence-electron chi connectivity index (χ1n) is 10.4. The summed E-state index contributed by atoms with van der Waals surface area (Å²) in [5.74, 6) is 0.607. The summed E-state index contributed by atoms with van der Waals surface area (Å²) in [6.07, 6.45) is -0.486. The third-order valence-corrected chi connectivity index (χ3v) is 5.72. The molecule has 7 nitrogen and oxygen atoms in total. The Morgan fingerprint density at radius 2 is 1.79 bits per heavy atom. The fraction of sp³-hybridized carbons (Fsp3) is 0.120. The van der Waals surface area contributed by atoms with Crippen molar-refractivity contribution in [1.82, 2.24) is 14.8 Å². The third-order valence-electron chi connectivity index (χ3n) is 4.79. The van der Waals surface area contributed by atoms with Gasteiger partial charge in [0, 0.05) is 11.4 Å². The Balaban J connectivity index is 1.51. The average Bonchev–Trinajstić information content (AvgIpc) is 3.29. The number of hydrogen-bond acceptors (Lipinski definition) is 6. The van der Waals surface area contributed by atoms with Gasteiger partial charge in [-0.1, -0.05) is 30.0 Å². The minimum absolute atomic E-state index is 0.109. The summed E-state index contributed by atoms with van der Waals surface area (Å²) in [7, 11) is 0. The molecule has 0 radical (unpaired) electrons. The Morgan fingerprint density at radius 3 is 2.47 bits per heavy atom. The fourth-order valence-corrected chi connectivity index (χ4v) is 3.94. The third kappa shape index (κ3) is 5.60. The molecular weight excluding hydrogens is 453 g/mol. The number of hydrogen-bond donors (Lipinski definition) is 1. The zero-order chi connectivity index (χ0) is 23.9. The highest BCUT2D eigenvalue weighted by atomic mass is 32.2. The van der Waals surface area contributed by atoms with Gasteiger partial charge in [0.05, 0.1) is 17.4 Å². The van der Waals surface area contributed by atoms with Gasteiger partial charge in [-0.15, -0.1) is 10.2 Å². The van der Waals surface area contributed by atoms with Crippen LogP contribution in [0.5, 0.6) is 5.75 Å². The van der Waals surface area contributed by atoms with Gasteiger partial charge in [-0.05, 0) is 67.6 Å². The molecule has 1 aromatic heterocycles. The predicted molar refractivity (Wildman–Crippen MR) is 127 cm³/mol. The number of aromatic nitrogens is 3. The Morgan fingerprint density at radius 1 is 1.09 bits per heavy atom. The number of anilines is 1. The number of rotatable bonds is 8. The van der Waals surface area contributed by atoms with Gasteiger partial charge in [-0.3, -0.25) is 9.36 Å². The smallest absolute Gasteiger partial charge is 0.234 e. The number of thioether (sulfide) groups is 1. The van der Waals surface area contributed by atoms with Crippen LogP contribution in [0.4, 0.5) is 10.1 Å². The fourth-order valence-electron chi connectivity index (χ4n) is 3.18. The van der Waals surface area contributed by atoms with Crippen LogP contribution in [0.2, 0.25) is 0 Å². The highest BCUT2D eigenvalue weighted by Crippen LogP contribution is 2.28. The molecular formula is C25H20FN5O2S. The number of nitrogens with zero attached hydrogens (tertiary/aromatic N) is 4. The van der Waals surface area contributed by atoms with Crippen LogP contribution in [-0.4, -0.2) is 26.4 Å². The van der Waals surface area contributed by atoms with Crippen molar-refractivity contribution in [3.8, 4) is 17.5 Å². The second-order valence-corrected chi connectivity index (χ2v) is 8.19. The van der Waals surface area contributed by atoms with Crippen molar-refractivity contribution in [3.05, 3.63) is 96.1 Å². The van der Waals surface area contributed by atoms with Gasteiger partial charge in [0.25, 0.3) is 0 Å². The maximum absolute atomic E-state index is 13.2. The molecule has 1 heterocycles. The Kier molecular flexibility index (Phi) is 7.20. The maximum Gasteiger partial charge on any atom is 0.234 e. The largest absolute Gasteiger partial charge is 0.483 e. The molecule has 0 bridgehead atoms. The number of benzene rings is 3. The zero-order valence-corrected chi connectivity index (χ0v) is 19.0. The summed E-state index contributed by atoms with van der Waals surface area (Å²) in [5, 5.41) is 20.8. The Labute approximate surface area is 200 Å². The molecule has 0 aliphatic carbocycles. The van der Waals surface area contributed by atoms with Crippen molar-refractivity contribution in [2.24, 2.45) is 0 Å². The summed E-state index contributed by atoms with van der Waals surface area (Å²) in [6.45, 7) is 1.83. The Hall–Kier alpha value is -4.16. The number of amides is 1. The minimum Gasteiger partial charge on any atom is -0.483 e. The van der Waals surface area contributed by atoms with Gasteiger partial charge < -0.3 is 10.1 Å². The number of carbonyl (C=O) groups is 1. The second kappa shape index (κ2) is 10.6. The molecule has 0 saturated heterocycles. The van der Waals surface area contributed by atoms with E-state index in [9.17, 15) is 9.18 Å². The lowest BCUT2D eigenvalue weighted by molar-refractivity contribution is -0.113. The second-order valence-electron chi connectivity index (χ2n) is 7.25. The SMILES string of the molecule is CC(Oc1ccc(F)cc1)c1nnc(SCC(=O)Nc2ccc(C#N)cc2)n1-c1ccccc1. The van der Waals surface area contributed by atoms with Gasteiger partial charge in [-0.2, -0.15) is 5.26 Å². The standard InChI is InChI=1S/C25H20FN5O2S/c1-17(33-22-13-9-19(26)10-14-22)24-29-30-25(31(24)21-5-3-2-4-6-21)34-16-23(32)28-20-11-7-18(15-27)8-12-20/h2-14,17H,16H2,1H3,(H,28,32). The van der Waals surface area contributed by atoms with E-state index in [0.29, 0.717) is 28.0 Å². The normalized spacial score (nSPS) is 11.4. The van der Waals surface area contributed by atoms with Gasteiger partial charge in [-0.25, -0.2) is 4.39 Å². The van der Waals surface area contributed by atoms with Crippen LogP contribution < -0.4 is 10.1 Å². The minimum atomic E-state index is -0.486. The highest BCUT2D eigenvalue weighted by molar-refractivity contribution is 7.99. The lowest BCUT2D eigenvalue weighted by atomic mass is 10.2. The van der Waals surface area contributed by atoms with E-state index in [1.54, 1.807) is 36.4 Å². The average molecular weight is 474 g/mol. The van der Waals surface area contributed by atoms with Crippen molar-refractivity contribution in [2.75, 3.05) is 11.1 Å². The predicted octanol–water partition coefficient (Wildman–Crippen LogP) is 5.15. The first-order chi connectivity index (χ1) is 16.5. The van der Waals surface area contributed by atoms with E-state index in [1.165, 1.54) is 23.9 Å². The molecule has 0 aliphatic rings. The van der Waals surface area contributed by atoms with E-state index in [-0.39, 0.29) is 17.5 Å². The zero-order valence-electron chi connectivity index (χ0n) is 18.2. The highest BCUT2D eigenvalue weighted by Gasteiger charge is 2.21. The van der Waals surface area contributed by atoms with Crippen LogP contribution in [0.15, 0.2) is 84.0 Å².